The number of carbonyl (C=O) groups is 1. The Bertz CT molecular complexity index is 674. The first-order chi connectivity index (χ1) is 10.0. The van der Waals surface area contributed by atoms with Gasteiger partial charge in [0, 0.05) is 5.56 Å². The van der Waals surface area contributed by atoms with Crippen molar-refractivity contribution in [2.45, 2.75) is 0 Å². The van der Waals surface area contributed by atoms with Gasteiger partial charge in [-0.1, -0.05) is 17.7 Å². The van der Waals surface area contributed by atoms with Gasteiger partial charge < -0.3 is 9.47 Å². The number of rotatable bonds is 5. The lowest BCUT2D eigenvalue weighted by Gasteiger charge is -2.08. The van der Waals surface area contributed by atoms with Gasteiger partial charge in [-0.05, 0) is 30.3 Å². The maximum absolute atomic E-state index is 13.4. The maximum atomic E-state index is 13.4. The molecule has 0 saturated heterocycles. The molecule has 0 aliphatic heterocycles. The standard InChI is InChI=1S/C15H11ClF2O3/c1-20-13-6-5-9(7-10(13)16)12(19)8-21-14-4-2-3-11(17)15(14)18/h2-7H,8H2,1H3. The molecule has 0 atom stereocenters. The summed E-state index contributed by atoms with van der Waals surface area (Å²) in [7, 11) is 1.46. The zero-order valence-corrected chi connectivity index (χ0v) is 11.8. The quantitative estimate of drug-likeness (QED) is 0.786. The van der Waals surface area contributed by atoms with E-state index >= 15 is 0 Å². The van der Waals surface area contributed by atoms with Gasteiger partial charge in [0.05, 0.1) is 12.1 Å². The highest BCUT2D eigenvalue weighted by Gasteiger charge is 2.13. The molecule has 0 aromatic heterocycles. The predicted molar refractivity (Wildman–Crippen MR) is 74.2 cm³/mol. The van der Waals surface area contributed by atoms with Gasteiger partial charge in [0.1, 0.15) is 5.75 Å². The number of ether oxygens (including phenoxy) is 2. The number of benzene rings is 2. The zero-order valence-electron chi connectivity index (χ0n) is 11.0. The van der Waals surface area contributed by atoms with Crippen LogP contribution in [0.4, 0.5) is 8.78 Å². The first-order valence-corrected chi connectivity index (χ1v) is 6.34. The van der Waals surface area contributed by atoms with Crippen molar-refractivity contribution in [3.8, 4) is 11.5 Å². The van der Waals surface area contributed by atoms with Crippen molar-refractivity contribution in [1.29, 1.82) is 0 Å². The molecule has 0 heterocycles. The molecule has 0 spiro atoms. The molecule has 2 rings (SSSR count). The van der Waals surface area contributed by atoms with Crippen LogP contribution in [0.5, 0.6) is 11.5 Å². The van der Waals surface area contributed by atoms with Crippen LogP contribution < -0.4 is 9.47 Å². The molecule has 0 fully saturated rings. The van der Waals surface area contributed by atoms with Gasteiger partial charge in [0.25, 0.3) is 0 Å². The molecule has 3 nitrogen and oxygen atoms in total. The Morgan fingerprint density at radius 3 is 2.62 bits per heavy atom. The third-order valence-corrected chi connectivity index (χ3v) is 3.04. The molecule has 2 aromatic rings. The number of halogens is 3. The van der Waals surface area contributed by atoms with Crippen molar-refractivity contribution >= 4 is 17.4 Å². The van der Waals surface area contributed by atoms with Crippen LogP contribution in [0.1, 0.15) is 10.4 Å². The first kappa shape index (κ1) is 15.3. The van der Waals surface area contributed by atoms with Crippen LogP contribution in [-0.2, 0) is 0 Å². The van der Waals surface area contributed by atoms with Crippen molar-refractivity contribution in [1.82, 2.24) is 0 Å². The summed E-state index contributed by atoms with van der Waals surface area (Å²) < 4.78 is 36.3. The topological polar surface area (TPSA) is 35.5 Å². The van der Waals surface area contributed by atoms with E-state index in [1.54, 1.807) is 6.07 Å². The Kier molecular flexibility index (Phi) is 4.75. The van der Waals surface area contributed by atoms with Crippen LogP contribution >= 0.6 is 11.6 Å². The van der Waals surface area contributed by atoms with E-state index < -0.39 is 24.0 Å². The fourth-order valence-electron chi connectivity index (χ4n) is 1.66. The second-order valence-corrected chi connectivity index (χ2v) is 4.52. The third kappa shape index (κ3) is 3.49. The number of hydrogen-bond acceptors (Lipinski definition) is 3. The smallest absolute Gasteiger partial charge is 0.200 e. The van der Waals surface area contributed by atoms with Crippen LogP contribution in [0.15, 0.2) is 36.4 Å². The van der Waals surface area contributed by atoms with Gasteiger partial charge in [-0.3, -0.25) is 4.79 Å². The Balaban J connectivity index is 2.08. The predicted octanol–water partition coefficient (Wildman–Crippen LogP) is 3.89. The lowest BCUT2D eigenvalue weighted by Crippen LogP contribution is -2.12. The molecule has 0 saturated carbocycles. The molecule has 6 heteroatoms. The van der Waals surface area contributed by atoms with Gasteiger partial charge in [0.15, 0.2) is 24.0 Å². The fraction of sp³-hybridized carbons (Fsp3) is 0.133. The van der Waals surface area contributed by atoms with E-state index in [2.05, 4.69) is 0 Å². The Morgan fingerprint density at radius 2 is 1.95 bits per heavy atom. The fourth-order valence-corrected chi connectivity index (χ4v) is 1.92. The minimum Gasteiger partial charge on any atom is -0.495 e. The molecule has 0 amide bonds. The zero-order chi connectivity index (χ0) is 15.4. The Labute approximate surface area is 125 Å². The normalized spacial score (nSPS) is 10.3. The monoisotopic (exact) mass is 312 g/mol. The number of hydrogen-bond donors (Lipinski definition) is 0. The number of Topliss-reactive ketones (excluding diaryl/α,β-unsaturated/α-hetero) is 1. The number of ketones is 1. The molecule has 2 aromatic carbocycles. The summed E-state index contributed by atoms with van der Waals surface area (Å²) in [5.74, 6) is -2.46. The summed E-state index contributed by atoms with van der Waals surface area (Å²) >= 11 is 5.91. The second-order valence-electron chi connectivity index (χ2n) is 4.11. The lowest BCUT2D eigenvalue weighted by atomic mass is 10.1. The molecular weight excluding hydrogens is 302 g/mol. The van der Waals surface area contributed by atoms with Crippen molar-refractivity contribution in [3.05, 3.63) is 58.6 Å². The summed E-state index contributed by atoms with van der Waals surface area (Å²) in [5, 5.41) is 0.278. The SMILES string of the molecule is COc1ccc(C(=O)COc2cccc(F)c2F)cc1Cl. The van der Waals surface area contributed by atoms with E-state index in [9.17, 15) is 13.6 Å². The van der Waals surface area contributed by atoms with E-state index in [0.717, 1.165) is 6.07 Å². The van der Waals surface area contributed by atoms with Crippen molar-refractivity contribution < 1.29 is 23.0 Å². The average molecular weight is 313 g/mol. The summed E-state index contributed by atoms with van der Waals surface area (Å²) in [4.78, 5) is 11.9. The van der Waals surface area contributed by atoms with Gasteiger partial charge in [-0.15, -0.1) is 0 Å². The highest BCUT2D eigenvalue weighted by Crippen LogP contribution is 2.25. The molecule has 0 bridgehead atoms. The molecule has 110 valence electrons. The van der Waals surface area contributed by atoms with Gasteiger partial charge in [-0.25, -0.2) is 4.39 Å². The third-order valence-electron chi connectivity index (χ3n) is 2.75. The van der Waals surface area contributed by atoms with E-state index in [0.29, 0.717) is 5.75 Å². The highest BCUT2D eigenvalue weighted by atomic mass is 35.5. The van der Waals surface area contributed by atoms with Gasteiger partial charge in [0.2, 0.25) is 5.82 Å². The lowest BCUT2D eigenvalue weighted by molar-refractivity contribution is 0.0918. The van der Waals surface area contributed by atoms with E-state index in [1.807, 2.05) is 0 Å². The van der Waals surface area contributed by atoms with E-state index in [-0.39, 0.29) is 16.3 Å². The first-order valence-electron chi connectivity index (χ1n) is 5.96. The van der Waals surface area contributed by atoms with E-state index in [4.69, 9.17) is 21.1 Å². The molecule has 0 unspecified atom stereocenters. The minimum atomic E-state index is -1.13. The molecule has 21 heavy (non-hydrogen) atoms. The largest absolute Gasteiger partial charge is 0.495 e. The van der Waals surface area contributed by atoms with Crippen molar-refractivity contribution in [2.24, 2.45) is 0 Å². The molecule has 0 N–H and O–H groups in total. The van der Waals surface area contributed by atoms with E-state index in [1.165, 1.54) is 31.4 Å². The van der Waals surface area contributed by atoms with Crippen LogP contribution in [0.25, 0.3) is 0 Å². The summed E-state index contributed by atoms with van der Waals surface area (Å²) in [6.07, 6.45) is 0. The number of methoxy groups -OCH3 is 1. The molecule has 0 radical (unpaired) electrons. The van der Waals surface area contributed by atoms with Crippen LogP contribution in [-0.4, -0.2) is 19.5 Å². The number of carbonyl (C=O) groups excluding carboxylic acids is 1. The second kappa shape index (κ2) is 6.54. The Morgan fingerprint density at radius 1 is 1.19 bits per heavy atom. The van der Waals surface area contributed by atoms with Crippen molar-refractivity contribution in [2.75, 3.05) is 13.7 Å². The summed E-state index contributed by atoms with van der Waals surface area (Å²) in [6.45, 7) is -0.428. The van der Waals surface area contributed by atoms with Gasteiger partial charge >= 0.3 is 0 Å². The van der Waals surface area contributed by atoms with Crippen LogP contribution in [0.2, 0.25) is 5.02 Å². The molecule has 0 aliphatic carbocycles. The van der Waals surface area contributed by atoms with Crippen molar-refractivity contribution in [3.63, 3.8) is 0 Å². The summed E-state index contributed by atoms with van der Waals surface area (Å²) in [6, 6.07) is 7.98. The van der Waals surface area contributed by atoms with Crippen LogP contribution in [0, 0.1) is 11.6 Å². The Hall–Kier alpha value is -2.14. The van der Waals surface area contributed by atoms with Crippen LogP contribution in [0.3, 0.4) is 0 Å². The molecule has 0 aliphatic rings. The molecular formula is C15H11ClF2O3. The van der Waals surface area contributed by atoms with Gasteiger partial charge in [-0.2, -0.15) is 4.39 Å². The maximum Gasteiger partial charge on any atom is 0.200 e. The summed E-state index contributed by atoms with van der Waals surface area (Å²) in [5.41, 5.74) is 0.289. The average Bonchev–Trinajstić information content (AvgIpc) is 2.48. The highest BCUT2D eigenvalue weighted by molar-refractivity contribution is 6.32. The minimum absolute atomic E-state index is 0.278.